The van der Waals surface area contributed by atoms with E-state index in [2.05, 4.69) is 10.1 Å². The van der Waals surface area contributed by atoms with Gasteiger partial charge in [0, 0.05) is 37.8 Å². The molecule has 7 nitrogen and oxygen atoms in total. The molecule has 3 heterocycles. The summed E-state index contributed by atoms with van der Waals surface area (Å²) in [5.74, 6) is 0.407. The summed E-state index contributed by atoms with van der Waals surface area (Å²) in [5.41, 5.74) is 2.80. The Bertz CT molecular complexity index is 775. The number of methoxy groups -OCH3 is 1. The van der Waals surface area contributed by atoms with Crippen LogP contribution >= 0.6 is 0 Å². The molecular formula is C19H24N4O3. The number of pyridine rings is 1. The minimum absolute atomic E-state index is 0.0278. The quantitative estimate of drug-likeness (QED) is 0.834. The fourth-order valence-electron chi connectivity index (χ4n) is 3.74. The summed E-state index contributed by atoms with van der Waals surface area (Å²) in [7, 11) is 1.58. The molecule has 0 N–H and O–H groups in total. The van der Waals surface area contributed by atoms with Gasteiger partial charge < -0.3 is 14.4 Å². The molecule has 138 valence electrons. The lowest BCUT2D eigenvalue weighted by atomic mass is 10.1. The molecule has 2 aromatic rings. The van der Waals surface area contributed by atoms with Crippen LogP contribution in [0.1, 0.15) is 34.5 Å². The van der Waals surface area contributed by atoms with Crippen molar-refractivity contribution in [3.63, 3.8) is 0 Å². The second-order valence-electron chi connectivity index (χ2n) is 6.83. The van der Waals surface area contributed by atoms with Crippen LogP contribution in [0.25, 0.3) is 0 Å². The van der Waals surface area contributed by atoms with Gasteiger partial charge in [0.15, 0.2) is 0 Å². The van der Waals surface area contributed by atoms with Crippen molar-refractivity contribution >= 4 is 5.91 Å². The molecule has 0 radical (unpaired) electrons. The number of aryl methyl sites for hydroxylation is 2. The van der Waals surface area contributed by atoms with E-state index < -0.39 is 0 Å². The van der Waals surface area contributed by atoms with E-state index in [4.69, 9.17) is 9.47 Å². The number of hydrogen-bond donors (Lipinski definition) is 0. The lowest BCUT2D eigenvalue weighted by Crippen LogP contribution is -2.38. The maximum absolute atomic E-state index is 13.2. The zero-order chi connectivity index (χ0) is 17.9. The van der Waals surface area contributed by atoms with Crippen molar-refractivity contribution < 1.29 is 14.3 Å². The predicted octanol–water partition coefficient (Wildman–Crippen LogP) is 1.71. The lowest BCUT2D eigenvalue weighted by Gasteiger charge is -2.25. The molecule has 2 aliphatic rings. The van der Waals surface area contributed by atoms with Gasteiger partial charge in [0.25, 0.3) is 5.91 Å². The largest absolute Gasteiger partial charge is 0.480 e. The summed E-state index contributed by atoms with van der Waals surface area (Å²) in [6, 6.07) is 3.87. The number of carbonyl (C=O) groups is 1. The molecule has 1 aliphatic carbocycles. The number of carbonyl (C=O) groups excluding carboxylic acids is 1. The van der Waals surface area contributed by atoms with E-state index in [-0.39, 0.29) is 12.0 Å². The first kappa shape index (κ1) is 17.0. The van der Waals surface area contributed by atoms with Crippen LogP contribution in [0.2, 0.25) is 0 Å². The molecule has 1 saturated heterocycles. The Morgan fingerprint density at radius 1 is 1.38 bits per heavy atom. The number of rotatable bonds is 4. The highest BCUT2D eigenvalue weighted by atomic mass is 16.5. The van der Waals surface area contributed by atoms with Crippen LogP contribution in [0.5, 0.6) is 5.88 Å². The van der Waals surface area contributed by atoms with Gasteiger partial charge in [-0.2, -0.15) is 5.10 Å². The zero-order valence-corrected chi connectivity index (χ0v) is 15.1. The second kappa shape index (κ2) is 7.45. The summed E-state index contributed by atoms with van der Waals surface area (Å²) in [6.07, 6.45) is 7.44. The first-order chi connectivity index (χ1) is 12.7. The number of aromatic nitrogens is 3. The van der Waals surface area contributed by atoms with Gasteiger partial charge in [-0.3, -0.25) is 9.48 Å². The third kappa shape index (κ3) is 3.44. The second-order valence-corrected chi connectivity index (χ2v) is 6.83. The number of fused-ring (bicyclic) bond motifs is 1. The Morgan fingerprint density at radius 2 is 2.31 bits per heavy atom. The standard InChI is InChI=1S/C19H24N4O3/c1-25-18-16(11-14-5-2-6-17(14)21-18)19(24)22-8-4-10-26-15(12-22)13-23-9-3-7-20-23/h3,7,9,11,15H,2,4-6,8,10,12-13H2,1H3. The smallest absolute Gasteiger partial charge is 0.259 e. The van der Waals surface area contributed by atoms with Gasteiger partial charge >= 0.3 is 0 Å². The Kier molecular flexibility index (Phi) is 4.88. The molecule has 4 rings (SSSR count). The van der Waals surface area contributed by atoms with Gasteiger partial charge in [-0.15, -0.1) is 0 Å². The van der Waals surface area contributed by atoms with Crippen molar-refractivity contribution in [3.8, 4) is 5.88 Å². The van der Waals surface area contributed by atoms with Crippen LogP contribution in [0, 0.1) is 0 Å². The van der Waals surface area contributed by atoms with Crippen LogP contribution in [-0.4, -0.2) is 58.5 Å². The molecule has 2 aromatic heterocycles. The SMILES string of the molecule is COc1nc2c(cc1C(=O)N1CCCOC(Cn3cccn3)C1)CCC2. The van der Waals surface area contributed by atoms with Gasteiger partial charge in [-0.25, -0.2) is 4.98 Å². The maximum atomic E-state index is 13.2. The third-order valence-corrected chi connectivity index (χ3v) is 5.03. The van der Waals surface area contributed by atoms with Crippen LogP contribution < -0.4 is 4.74 Å². The highest BCUT2D eigenvalue weighted by Crippen LogP contribution is 2.28. The number of nitrogens with zero attached hydrogens (tertiary/aromatic N) is 4. The lowest BCUT2D eigenvalue weighted by molar-refractivity contribution is 0.0366. The van der Waals surface area contributed by atoms with Gasteiger partial charge in [-0.1, -0.05) is 0 Å². The van der Waals surface area contributed by atoms with E-state index in [0.29, 0.717) is 37.7 Å². The van der Waals surface area contributed by atoms with Crippen LogP contribution in [0.3, 0.4) is 0 Å². The van der Waals surface area contributed by atoms with E-state index >= 15 is 0 Å². The van der Waals surface area contributed by atoms with Gasteiger partial charge in [0.05, 0.1) is 19.8 Å². The summed E-state index contributed by atoms with van der Waals surface area (Å²) in [4.78, 5) is 19.6. The van der Waals surface area contributed by atoms with Crippen LogP contribution in [0.4, 0.5) is 0 Å². The third-order valence-electron chi connectivity index (χ3n) is 5.03. The number of ether oxygens (including phenoxy) is 2. The van der Waals surface area contributed by atoms with Gasteiger partial charge in [-0.05, 0) is 43.4 Å². The number of amides is 1. The van der Waals surface area contributed by atoms with E-state index in [0.717, 1.165) is 31.4 Å². The van der Waals surface area contributed by atoms with E-state index in [1.807, 2.05) is 27.9 Å². The van der Waals surface area contributed by atoms with Crippen molar-refractivity contribution in [1.29, 1.82) is 0 Å². The topological polar surface area (TPSA) is 69.5 Å². The molecule has 1 fully saturated rings. The van der Waals surface area contributed by atoms with Crippen LogP contribution in [0.15, 0.2) is 24.5 Å². The first-order valence-electron chi connectivity index (χ1n) is 9.19. The summed E-state index contributed by atoms with van der Waals surface area (Å²) >= 11 is 0. The molecule has 0 bridgehead atoms. The first-order valence-corrected chi connectivity index (χ1v) is 9.19. The van der Waals surface area contributed by atoms with Gasteiger partial charge in [0.2, 0.25) is 5.88 Å². The predicted molar refractivity (Wildman–Crippen MR) is 95.3 cm³/mol. The molecule has 26 heavy (non-hydrogen) atoms. The summed E-state index contributed by atoms with van der Waals surface area (Å²) in [6.45, 7) is 2.50. The highest BCUT2D eigenvalue weighted by Gasteiger charge is 2.28. The average Bonchev–Trinajstić information content (AvgIpc) is 3.27. The van der Waals surface area contributed by atoms with Crippen molar-refractivity contribution in [2.45, 2.75) is 38.3 Å². The molecule has 0 spiro atoms. The minimum atomic E-state index is -0.0743. The van der Waals surface area contributed by atoms with Crippen molar-refractivity contribution in [2.24, 2.45) is 0 Å². The zero-order valence-electron chi connectivity index (χ0n) is 15.1. The van der Waals surface area contributed by atoms with Gasteiger partial charge in [0.1, 0.15) is 5.56 Å². The average molecular weight is 356 g/mol. The Labute approximate surface area is 152 Å². The molecule has 1 amide bonds. The fraction of sp³-hybridized carbons (Fsp3) is 0.526. The van der Waals surface area contributed by atoms with Crippen molar-refractivity contribution in [1.82, 2.24) is 19.7 Å². The molecule has 7 heteroatoms. The minimum Gasteiger partial charge on any atom is -0.480 e. The molecule has 0 aromatic carbocycles. The van der Waals surface area contributed by atoms with Crippen molar-refractivity contribution in [2.75, 3.05) is 26.8 Å². The fourth-order valence-corrected chi connectivity index (χ4v) is 3.74. The summed E-state index contributed by atoms with van der Waals surface area (Å²) in [5, 5.41) is 4.24. The van der Waals surface area contributed by atoms with Crippen molar-refractivity contribution in [3.05, 3.63) is 41.3 Å². The molecule has 0 saturated carbocycles. The normalized spacial score (nSPS) is 19.9. The monoisotopic (exact) mass is 356 g/mol. The van der Waals surface area contributed by atoms with Crippen LogP contribution in [-0.2, 0) is 24.1 Å². The maximum Gasteiger partial charge on any atom is 0.259 e. The Hall–Kier alpha value is -2.41. The Balaban J connectivity index is 1.54. The van der Waals surface area contributed by atoms with E-state index in [9.17, 15) is 4.79 Å². The summed E-state index contributed by atoms with van der Waals surface area (Å²) < 4.78 is 13.2. The molecule has 1 aliphatic heterocycles. The molecule has 1 atom stereocenters. The molecule has 1 unspecified atom stereocenters. The highest BCUT2D eigenvalue weighted by molar-refractivity contribution is 5.96. The van der Waals surface area contributed by atoms with E-state index in [1.165, 1.54) is 5.56 Å². The molecular weight excluding hydrogens is 332 g/mol. The number of hydrogen-bond acceptors (Lipinski definition) is 5. The Morgan fingerprint density at radius 3 is 3.12 bits per heavy atom. The van der Waals surface area contributed by atoms with E-state index in [1.54, 1.807) is 13.3 Å².